The minimum absolute atomic E-state index is 0.0411. The highest BCUT2D eigenvalue weighted by molar-refractivity contribution is 7.99. The zero-order chi connectivity index (χ0) is 18.4. The molecular formula is C20H17N3O2S. The van der Waals surface area contributed by atoms with E-state index >= 15 is 0 Å². The van der Waals surface area contributed by atoms with Gasteiger partial charge < -0.3 is 0 Å². The van der Waals surface area contributed by atoms with Crippen LogP contribution in [-0.2, 0) is 0 Å². The summed E-state index contributed by atoms with van der Waals surface area (Å²) in [5.74, 6) is 0. The number of nitrogens with one attached hydrogen (secondary N) is 1. The maximum atomic E-state index is 11.1. The summed E-state index contributed by atoms with van der Waals surface area (Å²) in [5.41, 5.74) is 5.70. The molecule has 0 unspecified atom stereocenters. The first-order valence-corrected chi connectivity index (χ1v) is 8.80. The third-order valence-electron chi connectivity index (χ3n) is 3.62. The number of nitrogens with zero attached hydrogens (tertiary/aromatic N) is 2. The van der Waals surface area contributed by atoms with Crippen LogP contribution in [0.2, 0.25) is 0 Å². The fraction of sp³-hybridized carbons (Fsp3) is 0.0500. The average Bonchev–Trinajstić information content (AvgIpc) is 2.65. The van der Waals surface area contributed by atoms with Crippen LogP contribution in [0.5, 0.6) is 0 Å². The number of rotatable bonds is 6. The smallest absolute Gasteiger partial charge is 0.270 e. The summed E-state index contributed by atoms with van der Waals surface area (Å²) < 4.78 is 0. The number of para-hydroxylation sites is 1. The molecule has 0 atom stereocenters. The van der Waals surface area contributed by atoms with Crippen molar-refractivity contribution in [2.45, 2.75) is 16.7 Å². The first kappa shape index (κ1) is 17.7. The van der Waals surface area contributed by atoms with Crippen LogP contribution in [-0.4, -0.2) is 11.1 Å². The van der Waals surface area contributed by atoms with Gasteiger partial charge in [-0.3, -0.25) is 15.5 Å². The minimum atomic E-state index is -0.401. The number of aryl methyl sites for hydroxylation is 1. The zero-order valence-electron chi connectivity index (χ0n) is 14.1. The van der Waals surface area contributed by atoms with Gasteiger partial charge in [-0.15, -0.1) is 0 Å². The number of hydrogen-bond donors (Lipinski definition) is 1. The van der Waals surface area contributed by atoms with E-state index in [-0.39, 0.29) is 5.69 Å². The molecule has 0 aliphatic heterocycles. The van der Waals surface area contributed by atoms with Gasteiger partial charge in [-0.2, -0.15) is 5.10 Å². The van der Waals surface area contributed by atoms with Crippen molar-refractivity contribution >= 4 is 29.4 Å². The predicted molar refractivity (Wildman–Crippen MR) is 106 cm³/mol. The van der Waals surface area contributed by atoms with Gasteiger partial charge >= 0.3 is 0 Å². The predicted octanol–water partition coefficient (Wildman–Crippen LogP) is 5.50. The van der Waals surface area contributed by atoms with Gasteiger partial charge in [0.15, 0.2) is 0 Å². The maximum Gasteiger partial charge on any atom is 0.270 e. The number of hydrazone groups is 1. The lowest BCUT2D eigenvalue weighted by molar-refractivity contribution is -0.384. The van der Waals surface area contributed by atoms with Gasteiger partial charge in [-0.25, -0.2) is 0 Å². The fourth-order valence-corrected chi connectivity index (χ4v) is 3.16. The highest BCUT2D eigenvalue weighted by Crippen LogP contribution is 2.32. The van der Waals surface area contributed by atoms with Crippen molar-refractivity contribution in [1.29, 1.82) is 0 Å². The van der Waals surface area contributed by atoms with Crippen LogP contribution in [0, 0.1) is 17.0 Å². The minimum Gasteiger partial charge on any atom is -0.279 e. The van der Waals surface area contributed by atoms with Crippen LogP contribution >= 0.6 is 11.8 Å². The maximum absolute atomic E-state index is 11.1. The zero-order valence-corrected chi connectivity index (χ0v) is 14.9. The molecule has 5 nitrogen and oxygen atoms in total. The second-order valence-corrected chi connectivity index (χ2v) is 6.75. The molecule has 0 aromatic heterocycles. The van der Waals surface area contributed by atoms with Crippen molar-refractivity contribution in [3.05, 3.63) is 94.0 Å². The summed E-state index contributed by atoms with van der Waals surface area (Å²) in [7, 11) is 0. The van der Waals surface area contributed by atoms with Crippen molar-refractivity contribution < 1.29 is 4.92 Å². The second-order valence-electron chi connectivity index (χ2n) is 5.63. The Morgan fingerprint density at radius 3 is 2.46 bits per heavy atom. The first-order chi connectivity index (χ1) is 12.6. The Morgan fingerprint density at radius 1 is 1.04 bits per heavy atom. The number of anilines is 1. The Hall–Kier alpha value is -3.12. The standard InChI is InChI=1S/C20H17N3O2S/c1-15-7-10-19(11-8-15)26-20-12-9-18(23(24)25)13-16(20)14-21-22-17-5-3-2-4-6-17/h2-14,22H,1H3. The van der Waals surface area contributed by atoms with Crippen molar-refractivity contribution in [3.63, 3.8) is 0 Å². The van der Waals surface area contributed by atoms with Gasteiger partial charge in [-0.05, 0) is 37.3 Å². The largest absolute Gasteiger partial charge is 0.279 e. The van der Waals surface area contributed by atoms with Crippen LogP contribution in [0.4, 0.5) is 11.4 Å². The Morgan fingerprint density at radius 2 is 1.77 bits per heavy atom. The Labute approximate surface area is 155 Å². The van der Waals surface area contributed by atoms with Gasteiger partial charge in [-0.1, -0.05) is 47.7 Å². The highest BCUT2D eigenvalue weighted by Gasteiger charge is 2.11. The summed E-state index contributed by atoms with van der Waals surface area (Å²) in [6, 6.07) is 22.5. The van der Waals surface area contributed by atoms with E-state index in [0.717, 1.165) is 15.5 Å². The molecular weight excluding hydrogens is 346 g/mol. The Bertz CT molecular complexity index is 926. The third kappa shape index (κ3) is 4.70. The molecule has 0 saturated carbocycles. The summed E-state index contributed by atoms with van der Waals surface area (Å²) in [4.78, 5) is 12.7. The van der Waals surface area contributed by atoms with Crippen molar-refractivity contribution in [2.24, 2.45) is 5.10 Å². The molecule has 0 aliphatic rings. The van der Waals surface area contributed by atoms with E-state index in [1.807, 2.05) is 61.5 Å². The molecule has 0 aliphatic carbocycles. The molecule has 130 valence electrons. The van der Waals surface area contributed by atoms with Crippen LogP contribution < -0.4 is 5.43 Å². The van der Waals surface area contributed by atoms with E-state index in [0.29, 0.717) is 5.56 Å². The van der Waals surface area contributed by atoms with E-state index in [2.05, 4.69) is 10.5 Å². The van der Waals surface area contributed by atoms with Gasteiger partial charge in [0.1, 0.15) is 0 Å². The van der Waals surface area contributed by atoms with E-state index in [1.54, 1.807) is 24.0 Å². The molecule has 3 aromatic rings. The lowest BCUT2D eigenvalue weighted by Crippen LogP contribution is -1.95. The topological polar surface area (TPSA) is 67.5 Å². The van der Waals surface area contributed by atoms with Crippen LogP contribution in [0.25, 0.3) is 0 Å². The summed E-state index contributed by atoms with van der Waals surface area (Å²) >= 11 is 1.55. The number of nitro groups is 1. The molecule has 3 rings (SSSR count). The molecule has 1 N–H and O–H groups in total. The van der Waals surface area contributed by atoms with E-state index in [9.17, 15) is 10.1 Å². The molecule has 0 spiro atoms. The third-order valence-corrected chi connectivity index (χ3v) is 4.72. The van der Waals surface area contributed by atoms with Gasteiger partial charge in [0.05, 0.1) is 16.8 Å². The van der Waals surface area contributed by atoms with Crippen molar-refractivity contribution in [3.8, 4) is 0 Å². The molecule has 0 heterocycles. The molecule has 6 heteroatoms. The normalized spacial score (nSPS) is 10.8. The lowest BCUT2D eigenvalue weighted by atomic mass is 10.2. The van der Waals surface area contributed by atoms with Gasteiger partial charge in [0.25, 0.3) is 5.69 Å². The molecule has 0 fully saturated rings. The number of hydrogen-bond acceptors (Lipinski definition) is 5. The quantitative estimate of drug-likeness (QED) is 0.357. The van der Waals surface area contributed by atoms with Crippen LogP contribution in [0.1, 0.15) is 11.1 Å². The molecule has 0 saturated heterocycles. The Kier molecular flexibility index (Phi) is 5.66. The number of non-ortho nitro benzene ring substituents is 1. The molecule has 0 radical (unpaired) electrons. The summed E-state index contributed by atoms with van der Waals surface area (Å²) in [5, 5.41) is 15.3. The first-order valence-electron chi connectivity index (χ1n) is 7.99. The van der Waals surface area contributed by atoms with E-state index in [4.69, 9.17) is 0 Å². The Balaban J connectivity index is 1.85. The van der Waals surface area contributed by atoms with Gasteiger partial charge in [0.2, 0.25) is 0 Å². The van der Waals surface area contributed by atoms with Crippen molar-refractivity contribution in [2.75, 3.05) is 5.43 Å². The van der Waals surface area contributed by atoms with Crippen molar-refractivity contribution in [1.82, 2.24) is 0 Å². The second kappa shape index (κ2) is 8.31. The van der Waals surface area contributed by atoms with Gasteiger partial charge in [0, 0.05) is 27.5 Å². The molecule has 0 bridgehead atoms. The summed E-state index contributed by atoms with van der Waals surface area (Å²) in [6.45, 7) is 2.04. The molecule has 3 aromatic carbocycles. The molecule has 26 heavy (non-hydrogen) atoms. The SMILES string of the molecule is Cc1ccc(Sc2ccc([N+](=O)[O-])cc2C=NNc2ccccc2)cc1. The lowest BCUT2D eigenvalue weighted by Gasteiger charge is -2.06. The number of benzene rings is 3. The van der Waals surface area contributed by atoms with Crippen LogP contribution in [0.15, 0.2) is 87.7 Å². The summed E-state index contributed by atoms with van der Waals surface area (Å²) in [6.07, 6.45) is 1.61. The average molecular weight is 363 g/mol. The fourth-order valence-electron chi connectivity index (χ4n) is 2.27. The van der Waals surface area contributed by atoms with E-state index < -0.39 is 4.92 Å². The monoisotopic (exact) mass is 363 g/mol. The van der Waals surface area contributed by atoms with E-state index in [1.165, 1.54) is 17.7 Å². The van der Waals surface area contributed by atoms with Crippen LogP contribution in [0.3, 0.4) is 0 Å². The molecule has 0 amide bonds. The highest BCUT2D eigenvalue weighted by atomic mass is 32.2. The number of nitro benzene ring substituents is 1.